The molecule has 0 saturated carbocycles. The normalized spacial score (nSPS) is 24.1. The Morgan fingerprint density at radius 1 is 1.03 bits per heavy atom. The smallest absolute Gasteiger partial charge is 0.244 e. The highest BCUT2D eigenvalue weighted by atomic mass is 32.2. The zero-order valence-electron chi connectivity index (χ0n) is 20.2. The molecule has 0 radical (unpaired) electrons. The van der Waals surface area contributed by atoms with Crippen LogP contribution in [0.4, 0.5) is 0 Å². The van der Waals surface area contributed by atoms with Crippen molar-refractivity contribution in [2.45, 2.75) is 76.5 Å². The van der Waals surface area contributed by atoms with Crippen LogP contribution in [0.15, 0.2) is 23.2 Å². The van der Waals surface area contributed by atoms with Crippen LogP contribution >= 0.6 is 0 Å². The lowest BCUT2D eigenvalue weighted by molar-refractivity contribution is 0.0518. The van der Waals surface area contributed by atoms with Crippen LogP contribution in [0.25, 0.3) is 0 Å². The number of rotatable bonds is 5. The van der Waals surface area contributed by atoms with Gasteiger partial charge < -0.3 is 9.64 Å². The predicted molar refractivity (Wildman–Crippen MR) is 127 cm³/mol. The van der Waals surface area contributed by atoms with Crippen LogP contribution in [0.5, 0.6) is 0 Å². The Balaban J connectivity index is 1.31. The molecule has 0 atom stereocenters. The number of likely N-dealkylation sites (tertiary alicyclic amines) is 1. The lowest BCUT2D eigenvalue weighted by atomic mass is 9.71. The highest BCUT2D eigenvalue weighted by Gasteiger charge is 2.40. The summed E-state index contributed by atoms with van der Waals surface area (Å²) >= 11 is 0. The topological polar surface area (TPSA) is 62.7 Å². The van der Waals surface area contributed by atoms with Crippen molar-refractivity contribution in [3.8, 4) is 0 Å². The molecule has 1 aromatic rings. The van der Waals surface area contributed by atoms with Crippen molar-refractivity contribution in [3.63, 3.8) is 0 Å². The molecule has 0 bridgehead atoms. The number of hydrogen-bond acceptors (Lipinski definition) is 5. The molecule has 4 heterocycles. The standard InChI is InChI=1S/C25H41N3O3S/c1-24(2,3)8-13-27-14-9-25(10-15-27)11-16-28(17-12-25)32(29,30)22-4-5-23(26-20-22)21-6-18-31-19-7-21/h4-5,20-21H,6-19H2,1-3H3. The summed E-state index contributed by atoms with van der Waals surface area (Å²) in [6.45, 7) is 13.2. The molecule has 0 aromatic carbocycles. The van der Waals surface area contributed by atoms with Gasteiger partial charge in [-0.2, -0.15) is 4.31 Å². The van der Waals surface area contributed by atoms with E-state index < -0.39 is 10.0 Å². The van der Waals surface area contributed by atoms with Crippen LogP contribution in [0.2, 0.25) is 0 Å². The molecule has 180 valence electrons. The quantitative estimate of drug-likeness (QED) is 0.652. The van der Waals surface area contributed by atoms with Gasteiger partial charge in [0.05, 0.1) is 0 Å². The Hall–Kier alpha value is -1.02. The third-order valence-electron chi connectivity index (χ3n) is 7.91. The molecule has 0 aliphatic carbocycles. The van der Waals surface area contributed by atoms with Gasteiger partial charge in [-0.05, 0) is 87.5 Å². The van der Waals surface area contributed by atoms with Gasteiger partial charge in [0.15, 0.2) is 0 Å². The number of aromatic nitrogens is 1. The second-order valence-electron chi connectivity index (χ2n) is 11.4. The third kappa shape index (κ3) is 5.72. The molecule has 4 rings (SSSR count). The number of ether oxygens (including phenoxy) is 1. The number of hydrogen-bond donors (Lipinski definition) is 0. The summed E-state index contributed by atoms with van der Waals surface area (Å²) in [5.74, 6) is 0.379. The van der Waals surface area contributed by atoms with Crippen molar-refractivity contribution >= 4 is 10.0 Å². The summed E-state index contributed by atoms with van der Waals surface area (Å²) in [5, 5.41) is 0. The average Bonchev–Trinajstić information content (AvgIpc) is 2.79. The van der Waals surface area contributed by atoms with E-state index in [1.54, 1.807) is 16.6 Å². The van der Waals surface area contributed by atoms with E-state index in [0.29, 0.717) is 34.7 Å². The van der Waals surface area contributed by atoms with E-state index in [1.807, 2.05) is 6.07 Å². The highest BCUT2D eigenvalue weighted by Crippen LogP contribution is 2.42. The van der Waals surface area contributed by atoms with Gasteiger partial charge in [-0.25, -0.2) is 8.42 Å². The molecule has 1 aromatic heterocycles. The Bertz CT molecular complexity index is 839. The highest BCUT2D eigenvalue weighted by molar-refractivity contribution is 7.89. The summed E-state index contributed by atoms with van der Waals surface area (Å²) in [4.78, 5) is 7.46. The largest absolute Gasteiger partial charge is 0.381 e. The van der Waals surface area contributed by atoms with E-state index in [-0.39, 0.29) is 0 Å². The molecule has 6 nitrogen and oxygen atoms in total. The monoisotopic (exact) mass is 463 g/mol. The Labute approximate surface area is 194 Å². The van der Waals surface area contributed by atoms with Crippen molar-refractivity contribution in [2.75, 3.05) is 45.9 Å². The van der Waals surface area contributed by atoms with Gasteiger partial charge in [0.2, 0.25) is 10.0 Å². The second-order valence-corrected chi connectivity index (χ2v) is 13.3. The van der Waals surface area contributed by atoms with Gasteiger partial charge in [-0.1, -0.05) is 20.8 Å². The fraction of sp³-hybridized carbons (Fsp3) is 0.800. The first-order chi connectivity index (χ1) is 15.2. The molecule has 3 aliphatic rings. The molecule has 1 spiro atoms. The predicted octanol–water partition coefficient (Wildman–Crippen LogP) is 4.28. The lowest BCUT2D eigenvalue weighted by Crippen LogP contribution is -2.48. The minimum Gasteiger partial charge on any atom is -0.381 e. The molecular formula is C25H41N3O3S. The molecule has 32 heavy (non-hydrogen) atoms. The van der Waals surface area contributed by atoms with Crippen LogP contribution in [0, 0.1) is 10.8 Å². The van der Waals surface area contributed by atoms with Crippen molar-refractivity contribution in [3.05, 3.63) is 24.0 Å². The van der Waals surface area contributed by atoms with Crippen molar-refractivity contribution < 1.29 is 13.2 Å². The fourth-order valence-corrected chi connectivity index (χ4v) is 6.76. The molecular weight excluding hydrogens is 422 g/mol. The van der Waals surface area contributed by atoms with E-state index >= 15 is 0 Å². The molecule has 3 fully saturated rings. The number of sulfonamides is 1. The van der Waals surface area contributed by atoms with Gasteiger partial charge in [0, 0.05) is 44.1 Å². The number of nitrogens with zero attached hydrogens (tertiary/aromatic N) is 3. The van der Waals surface area contributed by atoms with E-state index in [2.05, 4.69) is 30.7 Å². The number of pyridine rings is 1. The van der Waals surface area contributed by atoms with Crippen molar-refractivity contribution in [2.24, 2.45) is 10.8 Å². The van der Waals surface area contributed by atoms with E-state index in [9.17, 15) is 8.42 Å². The van der Waals surface area contributed by atoms with Crippen molar-refractivity contribution in [1.29, 1.82) is 0 Å². The molecule has 3 saturated heterocycles. The first-order valence-corrected chi connectivity index (χ1v) is 13.9. The van der Waals surface area contributed by atoms with Crippen LogP contribution in [-0.4, -0.2) is 68.5 Å². The van der Waals surface area contributed by atoms with E-state index in [0.717, 1.165) is 57.7 Å². The summed E-state index contributed by atoms with van der Waals surface area (Å²) in [6, 6.07) is 3.66. The minimum absolute atomic E-state index is 0.329. The lowest BCUT2D eigenvalue weighted by Gasteiger charge is -2.46. The Morgan fingerprint density at radius 2 is 1.66 bits per heavy atom. The van der Waals surface area contributed by atoms with E-state index in [1.165, 1.54) is 25.8 Å². The van der Waals surface area contributed by atoms with Gasteiger partial charge in [0.25, 0.3) is 0 Å². The molecule has 0 amide bonds. The first-order valence-electron chi connectivity index (χ1n) is 12.4. The zero-order valence-corrected chi connectivity index (χ0v) is 21.0. The summed E-state index contributed by atoms with van der Waals surface area (Å²) in [7, 11) is -3.46. The van der Waals surface area contributed by atoms with Crippen LogP contribution in [0.1, 0.15) is 77.3 Å². The summed E-state index contributed by atoms with van der Waals surface area (Å²) < 4.78 is 33.6. The van der Waals surface area contributed by atoms with Crippen molar-refractivity contribution in [1.82, 2.24) is 14.2 Å². The maximum atomic E-state index is 13.2. The number of piperidine rings is 2. The van der Waals surface area contributed by atoms with Gasteiger partial charge in [-0.15, -0.1) is 0 Å². The summed E-state index contributed by atoms with van der Waals surface area (Å²) in [6.07, 6.45) is 9.08. The van der Waals surface area contributed by atoms with Crippen LogP contribution in [0.3, 0.4) is 0 Å². The molecule has 0 unspecified atom stereocenters. The third-order valence-corrected chi connectivity index (χ3v) is 9.80. The van der Waals surface area contributed by atoms with Crippen LogP contribution < -0.4 is 0 Å². The second kappa shape index (κ2) is 9.69. The Kier molecular flexibility index (Phi) is 7.30. The minimum atomic E-state index is -3.46. The maximum Gasteiger partial charge on any atom is 0.244 e. The van der Waals surface area contributed by atoms with Gasteiger partial charge in [-0.3, -0.25) is 4.98 Å². The maximum absolute atomic E-state index is 13.2. The summed E-state index contributed by atoms with van der Waals surface area (Å²) in [5.41, 5.74) is 1.70. The Morgan fingerprint density at radius 3 is 2.22 bits per heavy atom. The molecule has 3 aliphatic heterocycles. The fourth-order valence-electron chi connectivity index (χ4n) is 5.37. The molecule has 7 heteroatoms. The van der Waals surface area contributed by atoms with Gasteiger partial charge in [0.1, 0.15) is 4.90 Å². The average molecular weight is 464 g/mol. The SMILES string of the molecule is CC(C)(C)CCN1CCC2(CC1)CCN(S(=O)(=O)c1ccc(C3CCOCC3)nc1)CC2. The molecule has 0 N–H and O–H groups in total. The van der Waals surface area contributed by atoms with Gasteiger partial charge >= 0.3 is 0 Å². The first kappa shape index (κ1) is 24.1. The van der Waals surface area contributed by atoms with Crippen LogP contribution in [-0.2, 0) is 14.8 Å². The van der Waals surface area contributed by atoms with E-state index in [4.69, 9.17) is 4.74 Å². The zero-order chi connectivity index (χ0) is 22.8.